The minimum absolute atomic E-state index is 0.0200. The van der Waals surface area contributed by atoms with Gasteiger partial charge in [-0.05, 0) is 58.4 Å². The highest BCUT2D eigenvalue weighted by Gasteiger charge is 2.31. The van der Waals surface area contributed by atoms with Gasteiger partial charge >= 0.3 is 0 Å². The molecule has 0 spiro atoms. The first-order chi connectivity index (χ1) is 13.8. The minimum atomic E-state index is -0.698. The highest BCUT2D eigenvalue weighted by molar-refractivity contribution is 5.82. The Balaban J connectivity index is 2.07. The minimum Gasteiger partial charge on any atom is -0.390 e. The summed E-state index contributed by atoms with van der Waals surface area (Å²) in [6.07, 6.45) is 9.45. The third-order valence-corrected chi connectivity index (χ3v) is 5.29. The van der Waals surface area contributed by atoms with Crippen LogP contribution < -0.4 is 11.1 Å². The number of hydrogen-bond donors (Lipinski definition) is 3. The molecular formula is C24H39N3O2. The van der Waals surface area contributed by atoms with Crippen LogP contribution in [0.25, 0.3) is 0 Å². The van der Waals surface area contributed by atoms with Crippen molar-refractivity contribution in [1.82, 2.24) is 10.2 Å². The monoisotopic (exact) mass is 401 g/mol. The van der Waals surface area contributed by atoms with Crippen LogP contribution in [0.4, 0.5) is 0 Å². The Morgan fingerprint density at radius 2 is 1.86 bits per heavy atom. The van der Waals surface area contributed by atoms with Crippen molar-refractivity contribution in [3.8, 4) is 0 Å². The molecular weight excluding hydrogens is 362 g/mol. The normalized spacial score (nSPS) is 21.9. The summed E-state index contributed by atoms with van der Waals surface area (Å²) in [4.78, 5) is 15.1. The van der Waals surface area contributed by atoms with Gasteiger partial charge in [-0.15, -0.1) is 0 Å². The van der Waals surface area contributed by atoms with Crippen molar-refractivity contribution in [3.05, 3.63) is 48.7 Å². The maximum atomic E-state index is 13.0. The fourth-order valence-electron chi connectivity index (χ4n) is 3.71. The number of nitrogens with zero attached hydrogens (tertiary/aromatic N) is 1. The number of nitrogens with one attached hydrogen (secondary N) is 1. The smallest absolute Gasteiger partial charge is 0.237 e. The van der Waals surface area contributed by atoms with Crippen LogP contribution in [0.1, 0.15) is 58.4 Å². The van der Waals surface area contributed by atoms with Gasteiger partial charge in [-0.2, -0.15) is 0 Å². The maximum Gasteiger partial charge on any atom is 0.237 e. The summed E-state index contributed by atoms with van der Waals surface area (Å²) in [5.41, 5.74) is 7.15. The molecule has 1 aliphatic rings. The standard InChI is InChI=1S/C24H39N3O2/c1-24(2,3)26-23(29)21-15-11-6-4-5-7-12-16-27(21)18-22(28)20(25)17-19-13-9-8-10-14-19/h8-14,20-22,28H,4-7,15-18,25H2,1-3H3,(H,26,29)/t20-,21-,22+/m0/s1. The van der Waals surface area contributed by atoms with Gasteiger partial charge in [0.2, 0.25) is 5.91 Å². The van der Waals surface area contributed by atoms with E-state index in [9.17, 15) is 9.90 Å². The number of rotatable bonds is 6. The largest absolute Gasteiger partial charge is 0.390 e. The quantitative estimate of drug-likeness (QED) is 0.685. The molecule has 0 bridgehead atoms. The van der Waals surface area contributed by atoms with Crippen LogP contribution >= 0.6 is 0 Å². The van der Waals surface area contributed by atoms with E-state index >= 15 is 0 Å². The van der Waals surface area contributed by atoms with Gasteiger partial charge in [0, 0.05) is 24.7 Å². The fourth-order valence-corrected chi connectivity index (χ4v) is 3.71. The van der Waals surface area contributed by atoms with Crippen molar-refractivity contribution < 1.29 is 9.90 Å². The van der Waals surface area contributed by atoms with Gasteiger partial charge < -0.3 is 16.2 Å². The Bertz CT molecular complexity index is 600. The van der Waals surface area contributed by atoms with E-state index in [0.29, 0.717) is 25.9 Å². The number of aliphatic hydroxyl groups excluding tert-OH is 1. The molecule has 1 aromatic carbocycles. The molecule has 0 unspecified atom stereocenters. The molecule has 0 aliphatic carbocycles. The Hall–Kier alpha value is -1.43. The van der Waals surface area contributed by atoms with E-state index in [2.05, 4.69) is 23.1 Å². The van der Waals surface area contributed by atoms with E-state index in [1.165, 1.54) is 6.42 Å². The molecule has 162 valence electrons. The summed E-state index contributed by atoms with van der Waals surface area (Å²) in [5.74, 6) is 0.0200. The van der Waals surface area contributed by atoms with Crippen LogP contribution in [0.3, 0.4) is 0 Å². The molecule has 1 aromatic rings. The molecule has 2 rings (SSSR count). The van der Waals surface area contributed by atoms with Crippen molar-refractivity contribution >= 4 is 5.91 Å². The average Bonchev–Trinajstić information content (AvgIpc) is 2.65. The molecule has 3 atom stereocenters. The first-order valence-corrected chi connectivity index (χ1v) is 10.9. The number of carbonyl (C=O) groups excluding carboxylic acids is 1. The number of benzene rings is 1. The number of aliphatic hydroxyl groups is 1. The summed E-state index contributed by atoms with van der Waals surface area (Å²) < 4.78 is 0. The fraction of sp³-hybridized carbons (Fsp3) is 0.625. The molecule has 1 amide bonds. The predicted octanol–water partition coefficient (Wildman–Crippen LogP) is 2.88. The molecule has 1 fully saturated rings. The topological polar surface area (TPSA) is 78.6 Å². The highest BCUT2D eigenvalue weighted by Crippen LogP contribution is 2.18. The zero-order valence-corrected chi connectivity index (χ0v) is 18.3. The van der Waals surface area contributed by atoms with Crippen LogP contribution in [-0.4, -0.2) is 52.7 Å². The van der Waals surface area contributed by atoms with E-state index in [1.807, 2.05) is 51.1 Å². The summed E-state index contributed by atoms with van der Waals surface area (Å²) in [6, 6.07) is 9.33. The molecule has 5 nitrogen and oxygen atoms in total. The van der Waals surface area contributed by atoms with Crippen molar-refractivity contribution in [2.45, 2.75) is 83.0 Å². The van der Waals surface area contributed by atoms with E-state index in [1.54, 1.807) is 0 Å². The number of amides is 1. The molecule has 0 aromatic heterocycles. The first-order valence-electron chi connectivity index (χ1n) is 10.9. The molecule has 1 aliphatic heterocycles. The lowest BCUT2D eigenvalue weighted by Gasteiger charge is -2.36. The van der Waals surface area contributed by atoms with Gasteiger partial charge in [-0.1, -0.05) is 49.6 Å². The number of hydrogen-bond acceptors (Lipinski definition) is 4. The van der Waals surface area contributed by atoms with Crippen LogP contribution in [-0.2, 0) is 11.2 Å². The second-order valence-corrected chi connectivity index (χ2v) is 9.23. The summed E-state index contributed by atoms with van der Waals surface area (Å²) in [5, 5.41) is 13.9. The Labute approximate surface area is 177 Å². The molecule has 29 heavy (non-hydrogen) atoms. The van der Waals surface area contributed by atoms with E-state index in [4.69, 9.17) is 5.73 Å². The summed E-state index contributed by atoms with van der Waals surface area (Å²) in [6.45, 7) is 7.06. The summed E-state index contributed by atoms with van der Waals surface area (Å²) >= 11 is 0. The highest BCUT2D eigenvalue weighted by atomic mass is 16.3. The lowest BCUT2D eigenvalue weighted by Crippen LogP contribution is -2.55. The van der Waals surface area contributed by atoms with Crippen molar-refractivity contribution in [2.24, 2.45) is 5.73 Å². The summed E-state index contributed by atoms with van der Waals surface area (Å²) in [7, 11) is 0. The van der Waals surface area contributed by atoms with Crippen molar-refractivity contribution in [1.29, 1.82) is 0 Å². The molecule has 1 heterocycles. The second-order valence-electron chi connectivity index (χ2n) is 9.23. The Kier molecular flexibility index (Phi) is 9.60. The zero-order chi connectivity index (χ0) is 21.3. The third kappa shape index (κ3) is 8.85. The van der Waals surface area contributed by atoms with E-state index in [-0.39, 0.29) is 23.5 Å². The van der Waals surface area contributed by atoms with Crippen LogP contribution in [0.2, 0.25) is 0 Å². The maximum absolute atomic E-state index is 13.0. The van der Waals surface area contributed by atoms with Gasteiger partial charge in [0.05, 0.1) is 12.1 Å². The Morgan fingerprint density at radius 1 is 1.21 bits per heavy atom. The number of carbonyl (C=O) groups is 1. The van der Waals surface area contributed by atoms with E-state index in [0.717, 1.165) is 24.8 Å². The van der Waals surface area contributed by atoms with Crippen LogP contribution in [0.5, 0.6) is 0 Å². The molecule has 5 heteroatoms. The van der Waals surface area contributed by atoms with Gasteiger partial charge in [-0.25, -0.2) is 0 Å². The molecule has 2 radical (unpaired) electrons. The zero-order valence-electron chi connectivity index (χ0n) is 18.3. The molecule has 0 saturated carbocycles. The lowest BCUT2D eigenvalue weighted by atomic mass is 9.97. The second kappa shape index (κ2) is 11.7. The number of β-amino-alcohol motifs (C(OH)–C–C–N with tert-alkyl or cyclic N) is 1. The number of nitrogens with two attached hydrogens (primary N) is 1. The first kappa shape index (κ1) is 23.8. The lowest BCUT2D eigenvalue weighted by molar-refractivity contribution is -0.128. The van der Waals surface area contributed by atoms with Gasteiger partial charge in [0.25, 0.3) is 0 Å². The van der Waals surface area contributed by atoms with Crippen LogP contribution in [0, 0.1) is 12.8 Å². The van der Waals surface area contributed by atoms with Gasteiger partial charge in [-0.3, -0.25) is 9.69 Å². The molecule has 4 N–H and O–H groups in total. The Morgan fingerprint density at radius 3 is 2.52 bits per heavy atom. The van der Waals surface area contributed by atoms with Gasteiger partial charge in [0.1, 0.15) is 0 Å². The SMILES string of the molecule is CC(C)(C)NC(=O)[C@@H]1C[CH]CCCC[CH]CN1C[C@@H](O)[C@@H](N)Cc1ccccc1. The van der Waals surface area contributed by atoms with Crippen molar-refractivity contribution in [3.63, 3.8) is 0 Å². The van der Waals surface area contributed by atoms with E-state index < -0.39 is 6.10 Å². The van der Waals surface area contributed by atoms with Gasteiger partial charge in [0.15, 0.2) is 0 Å². The van der Waals surface area contributed by atoms with Crippen LogP contribution in [0.15, 0.2) is 30.3 Å². The molecule has 1 saturated heterocycles. The third-order valence-electron chi connectivity index (χ3n) is 5.29. The average molecular weight is 402 g/mol. The predicted molar refractivity (Wildman–Crippen MR) is 119 cm³/mol. The van der Waals surface area contributed by atoms with Crippen molar-refractivity contribution in [2.75, 3.05) is 13.1 Å².